The monoisotopic (exact) mass is 514 g/mol. The lowest BCUT2D eigenvalue weighted by molar-refractivity contribution is -0.0328. The molecule has 0 unspecified atom stereocenters. The highest BCUT2D eigenvalue weighted by Crippen LogP contribution is 2.36. The Labute approximate surface area is 209 Å². The first-order chi connectivity index (χ1) is 17.3. The van der Waals surface area contributed by atoms with E-state index in [9.17, 15) is 18.0 Å². The molecule has 0 fully saturated rings. The number of rotatable bonds is 11. The van der Waals surface area contributed by atoms with Crippen LogP contribution < -0.4 is 4.74 Å². The predicted molar refractivity (Wildman–Crippen MR) is 128 cm³/mol. The van der Waals surface area contributed by atoms with Gasteiger partial charge >= 0.3 is 5.51 Å². The predicted octanol–water partition coefficient (Wildman–Crippen LogP) is 6.29. The number of ether oxygens (including phenoxy) is 1. The van der Waals surface area contributed by atoms with E-state index in [-0.39, 0.29) is 29.0 Å². The first-order valence-electron chi connectivity index (χ1n) is 10.9. The number of benzene rings is 2. The molecule has 2 aromatic heterocycles. The van der Waals surface area contributed by atoms with Gasteiger partial charge < -0.3 is 9.15 Å². The Morgan fingerprint density at radius 3 is 2.56 bits per heavy atom. The summed E-state index contributed by atoms with van der Waals surface area (Å²) in [6.45, 7) is 0.807. The molecule has 0 atom stereocenters. The molecule has 0 saturated heterocycles. The van der Waals surface area contributed by atoms with Crippen molar-refractivity contribution >= 4 is 29.7 Å². The highest BCUT2D eigenvalue weighted by molar-refractivity contribution is 8.00. The van der Waals surface area contributed by atoms with Crippen LogP contribution in [0.2, 0.25) is 0 Å². The fourth-order valence-corrected chi connectivity index (χ4v) is 3.75. The van der Waals surface area contributed by atoms with Crippen LogP contribution in [0.1, 0.15) is 40.3 Å². The van der Waals surface area contributed by atoms with Gasteiger partial charge in [0.1, 0.15) is 24.3 Å². The molecular formula is C25H21F3N4O3S. The van der Waals surface area contributed by atoms with Crippen LogP contribution in [0, 0.1) is 0 Å². The minimum atomic E-state index is -4.31. The number of oxazole rings is 1. The zero-order valence-electron chi connectivity index (χ0n) is 18.9. The minimum Gasteiger partial charge on any atom is -0.487 e. The molecule has 0 aliphatic rings. The number of carbonyl (C=O) groups is 1. The topological polar surface area (TPSA) is 83.0 Å². The van der Waals surface area contributed by atoms with E-state index in [1.54, 1.807) is 65.6 Å². The highest BCUT2D eigenvalue weighted by atomic mass is 32.2. The largest absolute Gasteiger partial charge is 0.487 e. The number of ketones is 1. The van der Waals surface area contributed by atoms with Crippen molar-refractivity contribution in [1.29, 1.82) is 0 Å². The lowest BCUT2D eigenvalue weighted by Gasteiger charge is -2.05. The Balaban J connectivity index is 1.23. The zero-order valence-corrected chi connectivity index (χ0v) is 19.7. The molecule has 186 valence electrons. The molecule has 7 nitrogen and oxygen atoms in total. The van der Waals surface area contributed by atoms with E-state index >= 15 is 0 Å². The van der Waals surface area contributed by atoms with Crippen molar-refractivity contribution in [2.75, 3.05) is 0 Å². The molecule has 4 aromatic rings. The summed E-state index contributed by atoms with van der Waals surface area (Å²) in [5.74, 6) is 0.976. The standard InChI is InChI=1S/C25H21F3N4O3S/c26-25(27,28)36-22-10-3-18(4-11-22)5-12-24-30-20(17-35-24)16-34-21-8-6-19(7-9-21)23(33)2-1-14-32-15-13-29-31-32/h3-13,15,17H,1-2,14,16H2. The van der Waals surface area contributed by atoms with Crippen molar-refractivity contribution in [3.8, 4) is 5.75 Å². The summed E-state index contributed by atoms with van der Waals surface area (Å²) in [5, 5.41) is 7.60. The summed E-state index contributed by atoms with van der Waals surface area (Å²) in [6.07, 6.45) is 9.22. The van der Waals surface area contributed by atoms with Crippen LogP contribution in [-0.4, -0.2) is 31.3 Å². The molecule has 11 heteroatoms. The number of carbonyl (C=O) groups excluding carboxylic acids is 1. The van der Waals surface area contributed by atoms with Crippen LogP contribution in [0.15, 0.2) is 76.5 Å². The van der Waals surface area contributed by atoms with Gasteiger partial charge in [-0.3, -0.25) is 9.48 Å². The van der Waals surface area contributed by atoms with Crippen molar-refractivity contribution in [3.63, 3.8) is 0 Å². The Bertz CT molecular complexity index is 1290. The van der Waals surface area contributed by atoms with Crippen LogP contribution in [0.4, 0.5) is 13.2 Å². The maximum absolute atomic E-state index is 12.4. The number of thioether (sulfide) groups is 1. The van der Waals surface area contributed by atoms with Gasteiger partial charge in [0.25, 0.3) is 0 Å². The summed E-state index contributed by atoms with van der Waals surface area (Å²) in [7, 11) is 0. The van der Waals surface area contributed by atoms with E-state index in [1.165, 1.54) is 18.4 Å². The molecule has 36 heavy (non-hydrogen) atoms. The van der Waals surface area contributed by atoms with Gasteiger partial charge in [-0.05, 0) is 66.2 Å². The van der Waals surface area contributed by atoms with Gasteiger partial charge in [-0.2, -0.15) is 13.2 Å². The van der Waals surface area contributed by atoms with E-state index < -0.39 is 5.51 Å². The third kappa shape index (κ3) is 7.84. The average molecular weight is 515 g/mol. The van der Waals surface area contributed by atoms with Gasteiger partial charge in [-0.25, -0.2) is 4.98 Å². The van der Waals surface area contributed by atoms with E-state index in [4.69, 9.17) is 9.15 Å². The maximum atomic E-state index is 12.4. The smallest absolute Gasteiger partial charge is 0.446 e. The average Bonchev–Trinajstić information content (AvgIpc) is 3.54. The zero-order chi connectivity index (χ0) is 25.4. The summed E-state index contributed by atoms with van der Waals surface area (Å²) < 4.78 is 50.0. The summed E-state index contributed by atoms with van der Waals surface area (Å²) >= 11 is -0.155. The second-order valence-corrected chi connectivity index (χ2v) is 8.77. The third-order valence-electron chi connectivity index (χ3n) is 4.93. The maximum Gasteiger partial charge on any atom is 0.446 e. The third-order valence-corrected chi connectivity index (χ3v) is 5.67. The number of hydrogen-bond acceptors (Lipinski definition) is 7. The van der Waals surface area contributed by atoms with Crippen molar-refractivity contribution in [2.45, 2.75) is 36.4 Å². The molecule has 0 aliphatic heterocycles. The summed E-state index contributed by atoms with van der Waals surface area (Å²) in [6, 6.07) is 12.9. The first kappa shape index (κ1) is 25.2. The normalized spacial score (nSPS) is 11.8. The molecule has 4 rings (SSSR count). The SMILES string of the molecule is O=C(CCCn1ccnn1)c1ccc(OCc2coc(C=Cc3ccc(SC(F)(F)F)cc3)n2)cc1. The van der Waals surface area contributed by atoms with Gasteiger partial charge in [-0.15, -0.1) is 5.10 Å². The fraction of sp³-hybridized carbons (Fsp3) is 0.200. The minimum absolute atomic E-state index is 0.0448. The summed E-state index contributed by atoms with van der Waals surface area (Å²) in [4.78, 5) is 16.8. The molecule has 0 radical (unpaired) electrons. The van der Waals surface area contributed by atoms with Crippen LogP contribution in [0.5, 0.6) is 5.75 Å². The number of nitrogens with zero attached hydrogens (tertiary/aromatic N) is 4. The van der Waals surface area contributed by atoms with Crippen LogP contribution >= 0.6 is 11.8 Å². The number of halogens is 3. The van der Waals surface area contributed by atoms with Gasteiger partial charge in [0.15, 0.2) is 5.78 Å². The van der Waals surface area contributed by atoms with Crippen LogP contribution in [0.3, 0.4) is 0 Å². The molecule has 2 heterocycles. The second kappa shape index (κ2) is 11.7. The van der Waals surface area contributed by atoms with Crippen molar-refractivity contribution < 1.29 is 27.1 Å². The molecule has 2 aromatic carbocycles. The van der Waals surface area contributed by atoms with Gasteiger partial charge in [-0.1, -0.05) is 17.3 Å². The number of alkyl halides is 3. The van der Waals surface area contributed by atoms with Crippen molar-refractivity contribution in [3.05, 3.63) is 89.9 Å². The molecule has 0 spiro atoms. The Hall–Kier alpha value is -3.86. The Kier molecular flexibility index (Phi) is 8.21. The van der Waals surface area contributed by atoms with E-state index in [0.717, 1.165) is 0 Å². The first-order valence-corrected chi connectivity index (χ1v) is 11.7. The van der Waals surface area contributed by atoms with Gasteiger partial charge in [0, 0.05) is 35.7 Å². The molecule has 0 aliphatic carbocycles. The van der Waals surface area contributed by atoms with Crippen LogP contribution in [0.25, 0.3) is 12.2 Å². The second-order valence-electron chi connectivity index (χ2n) is 7.63. The quantitative estimate of drug-likeness (QED) is 0.172. The number of hydrogen-bond donors (Lipinski definition) is 0. The summed E-state index contributed by atoms with van der Waals surface area (Å²) in [5.41, 5.74) is -2.42. The van der Waals surface area contributed by atoms with E-state index in [0.29, 0.717) is 47.8 Å². The number of aryl methyl sites for hydroxylation is 1. The van der Waals surface area contributed by atoms with Crippen molar-refractivity contribution in [1.82, 2.24) is 20.0 Å². The lowest BCUT2D eigenvalue weighted by atomic mass is 10.1. The van der Waals surface area contributed by atoms with Crippen molar-refractivity contribution in [2.24, 2.45) is 0 Å². The molecule has 0 bridgehead atoms. The lowest BCUT2D eigenvalue weighted by Crippen LogP contribution is -2.04. The molecule has 0 saturated carbocycles. The highest BCUT2D eigenvalue weighted by Gasteiger charge is 2.28. The van der Waals surface area contributed by atoms with Gasteiger partial charge in [0.05, 0.1) is 6.20 Å². The van der Waals surface area contributed by atoms with Gasteiger partial charge in [0.2, 0.25) is 5.89 Å². The molecule has 0 amide bonds. The van der Waals surface area contributed by atoms with Crippen LogP contribution in [-0.2, 0) is 13.2 Å². The number of Topliss-reactive ketones (excluding diaryl/α,β-unsaturated/α-hetero) is 1. The fourth-order valence-electron chi connectivity index (χ4n) is 3.21. The Morgan fingerprint density at radius 1 is 1.08 bits per heavy atom. The molecular weight excluding hydrogens is 493 g/mol. The van der Waals surface area contributed by atoms with E-state index in [1.807, 2.05) is 0 Å². The number of aromatic nitrogens is 4. The van der Waals surface area contributed by atoms with E-state index in [2.05, 4.69) is 15.3 Å². The molecule has 0 N–H and O–H groups in total. The Morgan fingerprint density at radius 2 is 1.86 bits per heavy atom.